The zero-order valence-electron chi connectivity index (χ0n) is 12.5. The molecule has 4 nitrogen and oxygen atoms in total. The van der Waals surface area contributed by atoms with Gasteiger partial charge in [-0.15, -0.1) is 0 Å². The maximum atomic E-state index is 12.3. The molecule has 1 fully saturated rings. The van der Waals surface area contributed by atoms with E-state index >= 15 is 0 Å². The van der Waals surface area contributed by atoms with Gasteiger partial charge >= 0.3 is 0 Å². The first kappa shape index (κ1) is 15.3. The second-order valence-electron chi connectivity index (χ2n) is 6.69. The molecule has 0 bridgehead atoms. The Morgan fingerprint density at radius 3 is 2.75 bits per heavy atom. The van der Waals surface area contributed by atoms with Crippen molar-refractivity contribution in [3.8, 4) is 0 Å². The van der Waals surface area contributed by atoms with Crippen LogP contribution in [0, 0.1) is 0 Å². The van der Waals surface area contributed by atoms with Crippen LogP contribution in [0.1, 0.15) is 44.6 Å². The van der Waals surface area contributed by atoms with Gasteiger partial charge in [0, 0.05) is 24.8 Å². The quantitative estimate of drug-likeness (QED) is 0.912. The molecule has 5 heteroatoms. The van der Waals surface area contributed by atoms with E-state index in [9.17, 15) is 4.79 Å². The van der Waals surface area contributed by atoms with Crippen molar-refractivity contribution in [3.05, 3.63) is 29.0 Å². The van der Waals surface area contributed by atoms with Crippen LogP contribution < -0.4 is 5.32 Å². The van der Waals surface area contributed by atoms with E-state index in [0.29, 0.717) is 10.7 Å². The van der Waals surface area contributed by atoms with E-state index < -0.39 is 0 Å². The van der Waals surface area contributed by atoms with Crippen molar-refractivity contribution >= 4 is 17.5 Å². The molecule has 0 spiro atoms. The van der Waals surface area contributed by atoms with Crippen molar-refractivity contribution in [2.24, 2.45) is 0 Å². The Kier molecular flexibility index (Phi) is 4.07. The third-order valence-electron chi connectivity index (χ3n) is 3.81. The smallest absolute Gasteiger partial charge is 0.271 e. The van der Waals surface area contributed by atoms with E-state index in [-0.39, 0.29) is 17.0 Å². The lowest BCUT2D eigenvalue weighted by Crippen LogP contribution is -2.50. The lowest BCUT2D eigenvalue weighted by molar-refractivity contribution is 0.0890. The summed E-state index contributed by atoms with van der Waals surface area (Å²) < 4.78 is 0. The molecule has 20 heavy (non-hydrogen) atoms. The van der Waals surface area contributed by atoms with Gasteiger partial charge in [-0.1, -0.05) is 11.6 Å². The fourth-order valence-corrected chi connectivity index (χ4v) is 2.73. The summed E-state index contributed by atoms with van der Waals surface area (Å²) in [7, 11) is 0. The summed E-state index contributed by atoms with van der Waals surface area (Å²) in [6, 6.07) is 3.40. The molecule has 1 saturated heterocycles. The summed E-state index contributed by atoms with van der Waals surface area (Å²) in [4.78, 5) is 18.8. The molecule has 2 rings (SSSR count). The maximum Gasteiger partial charge on any atom is 0.271 e. The number of rotatable bonds is 2. The molecule has 1 aromatic rings. The minimum atomic E-state index is -0.231. The predicted octanol–water partition coefficient (Wildman–Crippen LogP) is 2.73. The number of hydrogen-bond acceptors (Lipinski definition) is 3. The van der Waals surface area contributed by atoms with Crippen molar-refractivity contribution in [1.82, 2.24) is 15.2 Å². The largest absolute Gasteiger partial charge is 0.344 e. The van der Waals surface area contributed by atoms with Gasteiger partial charge in [-0.2, -0.15) is 0 Å². The standard InChI is InChI=1S/C15H22ClN3O/c1-14(2,3)19-9-7-15(4,10-19)18-13(20)12-11(16)6-5-8-17-12/h5-6,8H,7,9-10H2,1-4H3,(H,18,20). The monoisotopic (exact) mass is 295 g/mol. The highest BCUT2D eigenvalue weighted by Gasteiger charge is 2.39. The lowest BCUT2D eigenvalue weighted by Gasteiger charge is -2.34. The number of likely N-dealkylation sites (tertiary alicyclic amines) is 1. The van der Waals surface area contributed by atoms with Gasteiger partial charge in [-0.25, -0.2) is 4.98 Å². The highest BCUT2D eigenvalue weighted by atomic mass is 35.5. The minimum absolute atomic E-state index is 0.116. The molecule has 1 N–H and O–H groups in total. The van der Waals surface area contributed by atoms with E-state index in [1.165, 1.54) is 0 Å². The number of carbonyl (C=O) groups is 1. The van der Waals surface area contributed by atoms with Crippen molar-refractivity contribution in [2.45, 2.75) is 45.2 Å². The molecule has 2 heterocycles. The van der Waals surface area contributed by atoms with Crippen LogP contribution in [-0.4, -0.2) is 40.0 Å². The molecular weight excluding hydrogens is 274 g/mol. The zero-order chi connectivity index (χ0) is 15.0. The Bertz CT molecular complexity index is 512. The first-order valence-electron chi connectivity index (χ1n) is 6.89. The molecule has 1 aliphatic rings. The molecule has 1 aromatic heterocycles. The third-order valence-corrected chi connectivity index (χ3v) is 4.12. The SMILES string of the molecule is CC1(NC(=O)c2ncccc2Cl)CCN(C(C)(C)C)C1. The van der Waals surface area contributed by atoms with Crippen LogP contribution in [0.4, 0.5) is 0 Å². The molecule has 1 unspecified atom stereocenters. The van der Waals surface area contributed by atoms with E-state index in [1.807, 2.05) is 0 Å². The van der Waals surface area contributed by atoms with E-state index in [1.54, 1.807) is 18.3 Å². The summed E-state index contributed by atoms with van der Waals surface area (Å²) in [5.41, 5.74) is 0.181. The van der Waals surface area contributed by atoms with E-state index in [0.717, 1.165) is 19.5 Å². The maximum absolute atomic E-state index is 12.3. The fourth-order valence-electron chi connectivity index (χ4n) is 2.52. The van der Waals surface area contributed by atoms with Gasteiger partial charge in [0.25, 0.3) is 5.91 Å². The van der Waals surface area contributed by atoms with Crippen LogP contribution in [0.15, 0.2) is 18.3 Å². The van der Waals surface area contributed by atoms with E-state index in [2.05, 4.69) is 42.9 Å². The summed E-state index contributed by atoms with van der Waals surface area (Å²) in [6.07, 6.45) is 2.51. The lowest BCUT2D eigenvalue weighted by atomic mass is 10.0. The Labute approximate surface area is 125 Å². The van der Waals surface area contributed by atoms with Gasteiger partial charge in [0.1, 0.15) is 5.69 Å². The fraction of sp³-hybridized carbons (Fsp3) is 0.600. The van der Waals surface area contributed by atoms with Gasteiger partial charge in [-0.3, -0.25) is 9.69 Å². The average molecular weight is 296 g/mol. The van der Waals surface area contributed by atoms with Gasteiger partial charge in [-0.05, 0) is 46.2 Å². The number of nitrogens with one attached hydrogen (secondary N) is 1. The Hall–Kier alpha value is -1.13. The molecule has 1 amide bonds. The van der Waals surface area contributed by atoms with Crippen LogP contribution in [0.25, 0.3) is 0 Å². The second kappa shape index (κ2) is 5.34. The van der Waals surface area contributed by atoms with Gasteiger partial charge in [0.2, 0.25) is 0 Å². The molecule has 110 valence electrons. The summed E-state index contributed by atoms with van der Waals surface area (Å²) >= 11 is 6.02. The number of hydrogen-bond donors (Lipinski definition) is 1. The zero-order valence-corrected chi connectivity index (χ0v) is 13.3. The summed E-state index contributed by atoms with van der Waals surface area (Å²) in [5, 5.41) is 3.48. The minimum Gasteiger partial charge on any atom is -0.344 e. The highest BCUT2D eigenvalue weighted by molar-refractivity contribution is 6.33. The number of carbonyl (C=O) groups excluding carboxylic acids is 1. The Morgan fingerprint density at radius 2 is 2.20 bits per heavy atom. The average Bonchev–Trinajstić information content (AvgIpc) is 2.71. The van der Waals surface area contributed by atoms with Gasteiger partial charge in [0.05, 0.1) is 10.6 Å². The van der Waals surface area contributed by atoms with E-state index in [4.69, 9.17) is 11.6 Å². The molecule has 1 atom stereocenters. The third kappa shape index (κ3) is 3.30. The molecule has 0 radical (unpaired) electrons. The van der Waals surface area contributed by atoms with Crippen LogP contribution in [0.2, 0.25) is 5.02 Å². The van der Waals surface area contributed by atoms with Gasteiger partial charge < -0.3 is 5.32 Å². The number of amides is 1. The normalized spacial score (nSPS) is 23.9. The second-order valence-corrected chi connectivity index (χ2v) is 7.10. The number of nitrogens with zero attached hydrogens (tertiary/aromatic N) is 2. The molecule has 0 saturated carbocycles. The first-order valence-corrected chi connectivity index (χ1v) is 7.27. The number of halogens is 1. The van der Waals surface area contributed by atoms with Gasteiger partial charge in [0.15, 0.2) is 0 Å². The molecule has 0 aliphatic carbocycles. The van der Waals surface area contributed by atoms with Crippen LogP contribution >= 0.6 is 11.6 Å². The van der Waals surface area contributed by atoms with Crippen LogP contribution in [0.3, 0.4) is 0 Å². The Balaban J connectivity index is 2.07. The Morgan fingerprint density at radius 1 is 1.50 bits per heavy atom. The number of pyridine rings is 1. The van der Waals surface area contributed by atoms with Crippen molar-refractivity contribution in [1.29, 1.82) is 0 Å². The number of aromatic nitrogens is 1. The van der Waals surface area contributed by atoms with Crippen molar-refractivity contribution < 1.29 is 4.79 Å². The first-order chi connectivity index (χ1) is 9.21. The van der Waals surface area contributed by atoms with Crippen molar-refractivity contribution in [3.63, 3.8) is 0 Å². The summed E-state index contributed by atoms with van der Waals surface area (Å²) in [5.74, 6) is -0.200. The molecule has 0 aromatic carbocycles. The van der Waals surface area contributed by atoms with Crippen molar-refractivity contribution in [2.75, 3.05) is 13.1 Å². The summed E-state index contributed by atoms with van der Waals surface area (Å²) in [6.45, 7) is 10.5. The topological polar surface area (TPSA) is 45.2 Å². The van der Waals surface area contributed by atoms with Crippen LogP contribution in [-0.2, 0) is 0 Å². The van der Waals surface area contributed by atoms with Crippen LogP contribution in [0.5, 0.6) is 0 Å². The molecule has 1 aliphatic heterocycles. The highest BCUT2D eigenvalue weighted by Crippen LogP contribution is 2.27. The molecular formula is C15H22ClN3O. The predicted molar refractivity (Wildman–Crippen MR) is 81.1 cm³/mol.